The fraction of sp³-hybridized carbons (Fsp3) is 0.750. The third-order valence-electron chi connectivity index (χ3n) is 3.23. The number of nitrogens with one attached hydrogen (secondary N) is 1. The Morgan fingerprint density at radius 3 is 2.84 bits per heavy atom. The van der Waals surface area contributed by atoms with Gasteiger partial charge in [0.2, 0.25) is 0 Å². The largest absolute Gasteiger partial charge is 0.380 e. The minimum atomic E-state index is -3.48. The monoisotopic (exact) mass is 287 g/mol. The smallest absolute Gasteiger partial charge is 0.259 e. The van der Waals surface area contributed by atoms with Gasteiger partial charge >= 0.3 is 0 Å². The van der Waals surface area contributed by atoms with E-state index in [1.54, 1.807) is 7.05 Å². The molecule has 0 bridgehead atoms. The van der Waals surface area contributed by atoms with Crippen LogP contribution in [-0.4, -0.2) is 49.5 Å². The highest BCUT2D eigenvalue weighted by atomic mass is 32.2. The van der Waals surface area contributed by atoms with Crippen LogP contribution in [0.15, 0.2) is 11.2 Å². The first-order chi connectivity index (χ1) is 9.04. The van der Waals surface area contributed by atoms with E-state index in [9.17, 15) is 8.42 Å². The normalized spacial score (nSPS) is 16.2. The summed E-state index contributed by atoms with van der Waals surface area (Å²) in [6, 6.07) is 0. The van der Waals surface area contributed by atoms with Crippen molar-refractivity contribution in [1.82, 2.24) is 14.3 Å². The van der Waals surface area contributed by atoms with E-state index in [-0.39, 0.29) is 5.03 Å². The molecule has 6 nitrogen and oxygen atoms in total. The molecule has 0 saturated heterocycles. The summed E-state index contributed by atoms with van der Waals surface area (Å²) in [5.74, 6) is 1.37. The molecule has 7 heteroatoms. The SMILES string of the molecule is CCc1ncc(S(=O)(=O)N(C)CCOCC2CC2)[nH]1. The van der Waals surface area contributed by atoms with Gasteiger partial charge in [0.25, 0.3) is 10.0 Å². The van der Waals surface area contributed by atoms with Gasteiger partial charge in [0.15, 0.2) is 5.03 Å². The molecule has 0 aromatic carbocycles. The third-order valence-corrected chi connectivity index (χ3v) is 5.00. The fourth-order valence-electron chi connectivity index (χ4n) is 1.67. The molecule has 1 heterocycles. The fourth-order valence-corrected chi connectivity index (χ4v) is 2.75. The Kier molecular flexibility index (Phi) is 4.59. The first-order valence-electron chi connectivity index (χ1n) is 6.62. The van der Waals surface area contributed by atoms with E-state index in [0.29, 0.717) is 31.3 Å². The van der Waals surface area contributed by atoms with Gasteiger partial charge in [-0.2, -0.15) is 4.31 Å². The Morgan fingerprint density at radius 1 is 1.53 bits per heavy atom. The molecule has 1 aromatic heterocycles. The van der Waals surface area contributed by atoms with E-state index in [1.165, 1.54) is 23.3 Å². The topological polar surface area (TPSA) is 75.3 Å². The lowest BCUT2D eigenvalue weighted by Crippen LogP contribution is -2.30. The van der Waals surface area contributed by atoms with Crippen molar-refractivity contribution in [3.8, 4) is 0 Å². The summed E-state index contributed by atoms with van der Waals surface area (Å²) in [4.78, 5) is 6.84. The maximum Gasteiger partial charge on any atom is 0.259 e. The van der Waals surface area contributed by atoms with Crippen molar-refractivity contribution >= 4 is 10.0 Å². The van der Waals surface area contributed by atoms with Crippen LogP contribution in [0.25, 0.3) is 0 Å². The average molecular weight is 287 g/mol. The van der Waals surface area contributed by atoms with Crippen LogP contribution in [-0.2, 0) is 21.2 Å². The zero-order chi connectivity index (χ0) is 13.9. The van der Waals surface area contributed by atoms with Gasteiger partial charge < -0.3 is 9.72 Å². The molecule has 1 N–H and O–H groups in total. The Labute approximate surface area is 114 Å². The number of imidazole rings is 1. The van der Waals surface area contributed by atoms with Gasteiger partial charge in [0, 0.05) is 26.6 Å². The molecule has 0 amide bonds. The molecule has 0 unspecified atom stereocenters. The van der Waals surface area contributed by atoms with Gasteiger partial charge in [-0.25, -0.2) is 13.4 Å². The molecule has 1 saturated carbocycles. The van der Waals surface area contributed by atoms with Crippen molar-refractivity contribution in [2.75, 3.05) is 26.8 Å². The molecule has 0 aliphatic heterocycles. The van der Waals surface area contributed by atoms with E-state index in [2.05, 4.69) is 9.97 Å². The van der Waals surface area contributed by atoms with E-state index in [1.807, 2.05) is 6.92 Å². The molecule has 1 aliphatic carbocycles. The van der Waals surface area contributed by atoms with Crippen LogP contribution < -0.4 is 0 Å². The lowest BCUT2D eigenvalue weighted by Gasteiger charge is -2.15. The zero-order valence-electron chi connectivity index (χ0n) is 11.4. The van der Waals surface area contributed by atoms with Crippen molar-refractivity contribution in [3.05, 3.63) is 12.0 Å². The quantitative estimate of drug-likeness (QED) is 0.724. The average Bonchev–Trinajstić information content (AvgIpc) is 3.07. The number of aryl methyl sites for hydroxylation is 1. The molecule has 0 atom stereocenters. The molecule has 0 radical (unpaired) electrons. The highest BCUT2D eigenvalue weighted by Gasteiger charge is 2.24. The second kappa shape index (κ2) is 6.02. The molecule has 1 fully saturated rings. The first-order valence-corrected chi connectivity index (χ1v) is 8.06. The number of hydrogen-bond donors (Lipinski definition) is 1. The zero-order valence-corrected chi connectivity index (χ0v) is 12.2. The summed E-state index contributed by atoms with van der Waals surface area (Å²) in [5, 5.41) is 0.147. The number of sulfonamides is 1. The van der Waals surface area contributed by atoms with Crippen molar-refractivity contribution in [1.29, 1.82) is 0 Å². The van der Waals surface area contributed by atoms with Crippen LogP contribution in [0.2, 0.25) is 0 Å². The van der Waals surface area contributed by atoms with Crippen LogP contribution in [0.1, 0.15) is 25.6 Å². The van der Waals surface area contributed by atoms with Crippen molar-refractivity contribution in [3.63, 3.8) is 0 Å². The van der Waals surface area contributed by atoms with Gasteiger partial charge in [-0.1, -0.05) is 6.92 Å². The van der Waals surface area contributed by atoms with Gasteiger partial charge in [-0.3, -0.25) is 0 Å². The maximum atomic E-state index is 12.2. The minimum absolute atomic E-state index is 0.147. The number of ether oxygens (including phenoxy) is 1. The minimum Gasteiger partial charge on any atom is -0.380 e. The Morgan fingerprint density at radius 2 is 2.26 bits per heavy atom. The predicted octanol–water partition coefficient (Wildman–Crippen LogP) is 1.02. The first kappa shape index (κ1) is 14.5. The summed E-state index contributed by atoms with van der Waals surface area (Å²) in [6.45, 7) is 3.46. The lowest BCUT2D eigenvalue weighted by atomic mass is 10.5. The highest BCUT2D eigenvalue weighted by molar-refractivity contribution is 7.89. The van der Waals surface area contributed by atoms with Crippen molar-refractivity contribution in [2.45, 2.75) is 31.2 Å². The molecular weight excluding hydrogens is 266 g/mol. The second-order valence-electron chi connectivity index (χ2n) is 4.89. The third kappa shape index (κ3) is 3.77. The van der Waals surface area contributed by atoms with Crippen LogP contribution in [0.4, 0.5) is 0 Å². The standard InChI is InChI=1S/C12H21N3O3S/c1-3-11-13-8-12(14-11)19(16,17)15(2)6-7-18-9-10-4-5-10/h8,10H,3-7,9H2,1-2H3,(H,13,14). The second-order valence-corrected chi connectivity index (χ2v) is 6.91. The number of H-pyrrole nitrogens is 1. The maximum absolute atomic E-state index is 12.2. The summed E-state index contributed by atoms with van der Waals surface area (Å²) < 4.78 is 31.2. The van der Waals surface area contributed by atoms with Gasteiger partial charge in [-0.05, 0) is 18.8 Å². The molecule has 1 aliphatic rings. The summed E-state index contributed by atoms with van der Waals surface area (Å²) >= 11 is 0. The van der Waals surface area contributed by atoms with E-state index < -0.39 is 10.0 Å². The number of aromatic nitrogens is 2. The lowest BCUT2D eigenvalue weighted by molar-refractivity contribution is 0.117. The molecule has 2 rings (SSSR count). The number of aromatic amines is 1. The van der Waals surface area contributed by atoms with Crippen molar-refractivity contribution < 1.29 is 13.2 Å². The van der Waals surface area contributed by atoms with Gasteiger partial charge in [0.05, 0.1) is 12.8 Å². The van der Waals surface area contributed by atoms with Crippen LogP contribution in [0, 0.1) is 5.92 Å². The Balaban J connectivity index is 1.86. The number of hydrogen-bond acceptors (Lipinski definition) is 4. The number of likely N-dealkylation sites (N-methyl/N-ethyl adjacent to an activating group) is 1. The predicted molar refractivity (Wildman–Crippen MR) is 71.3 cm³/mol. The van der Waals surface area contributed by atoms with E-state index >= 15 is 0 Å². The van der Waals surface area contributed by atoms with E-state index in [0.717, 1.165) is 6.61 Å². The Hall–Kier alpha value is -0.920. The van der Waals surface area contributed by atoms with Crippen LogP contribution >= 0.6 is 0 Å². The van der Waals surface area contributed by atoms with Crippen molar-refractivity contribution in [2.24, 2.45) is 5.92 Å². The summed E-state index contributed by atoms with van der Waals surface area (Å²) in [6.07, 6.45) is 4.53. The molecule has 1 aromatic rings. The summed E-state index contributed by atoms with van der Waals surface area (Å²) in [5.41, 5.74) is 0. The van der Waals surface area contributed by atoms with E-state index in [4.69, 9.17) is 4.74 Å². The number of rotatable bonds is 8. The van der Waals surface area contributed by atoms with Crippen LogP contribution in [0.3, 0.4) is 0 Å². The highest BCUT2D eigenvalue weighted by Crippen LogP contribution is 2.28. The van der Waals surface area contributed by atoms with Gasteiger partial charge in [0.1, 0.15) is 5.82 Å². The molecule has 108 valence electrons. The molecular formula is C12H21N3O3S. The van der Waals surface area contributed by atoms with Gasteiger partial charge in [-0.15, -0.1) is 0 Å². The molecule has 0 spiro atoms. The molecule has 19 heavy (non-hydrogen) atoms. The Bertz CT molecular complexity index is 508. The number of nitrogens with zero attached hydrogens (tertiary/aromatic N) is 2. The van der Waals surface area contributed by atoms with Crippen LogP contribution in [0.5, 0.6) is 0 Å². The summed E-state index contributed by atoms with van der Waals surface area (Å²) in [7, 11) is -1.92.